The minimum Gasteiger partial charge on any atom is -0.465 e. The van der Waals surface area contributed by atoms with E-state index < -0.39 is 11.9 Å². The fourth-order valence-electron chi connectivity index (χ4n) is 3.38. The number of amides is 2. The van der Waals surface area contributed by atoms with Crippen molar-refractivity contribution in [3.63, 3.8) is 0 Å². The molecule has 27 heavy (non-hydrogen) atoms. The predicted octanol–water partition coefficient (Wildman–Crippen LogP) is 3.08. The van der Waals surface area contributed by atoms with E-state index in [4.69, 9.17) is 0 Å². The van der Waals surface area contributed by atoms with Crippen LogP contribution < -0.4 is 10.2 Å². The molecule has 0 aliphatic carbocycles. The maximum Gasteiger partial charge on any atom is 0.337 e. The number of anilines is 2. The molecule has 2 amide bonds. The Bertz CT molecular complexity index is 869. The third-order valence-corrected chi connectivity index (χ3v) is 4.78. The molecule has 0 radical (unpaired) electrons. The molecule has 2 aromatic carbocycles. The number of ether oxygens (including phenoxy) is 1. The van der Waals surface area contributed by atoms with E-state index in [1.807, 2.05) is 32.0 Å². The summed E-state index contributed by atoms with van der Waals surface area (Å²) in [5.74, 6) is -1.10. The number of esters is 1. The lowest BCUT2D eigenvalue weighted by molar-refractivity contribution is -0.122. The van der Waals surface area contributed by atoms with Crippen LogP contribution in [0.4, 0.5) is 11.4 Å². The fourth-order valence-corrected chi connectivity index (χ4v) is 3.38. The summed E-state index contributed by atoms with van der Waals surface area (Å²) in [6.07, 6.45) is 0.180. The SMILES string of the molecule is COC(=O)c1ccc(NC(=O)[C@H]2CC(=O)N(c3c(C)cccc3C)C2)cc1. The molecule has 3 rings (SSSR count). The Kier molecular flexibility index (Phi) is 5.26. The minimum atomic E-state index is -0.432. The van der Waals surface area contributed by atoms with Crippen LogP contribution in [0.15, 0.2) is 42.5 Å². The number of aryl methyl sites for hydroxylation is 2. The summed E-state index contributed by atoms with van der Waals surface area (Å²) in [6.45, 7) is 4.29. The molecular formula is C21H22N2O4. The largest absolute Gasteiger partial charge is 0.465 e. The van der Waals surface area contributed by atoms with Crippen molar-refractivity contribution in [3.05, 3.63) is 59.2 Å². The van der Waals surface area contributed by atoms with Gasteiger partial charge in [-0.05, 0) is 49.2 Å². The molecule has 0 aromatic heterocycles. The monoisotopic (exact) mass is 366 g/mol. The topological polar surface area (TPSA) is 75.7 Å². The molecule has 0 bridgehead atoms. The van der Waals surface area contributed by atoms with Gasteiger partial charge in [0, 0.05) is 24.3 Å². The zero-order valence-corrected chi connectivity index (χ0v) is 15.6. The zero-order valence-electron chi connectivity index (χ0n) is 15.6. The number of nitrogens with zero attached hydrogens (tertiary/aromatic N) is 1. The molecule has 1 aliphatic rings. The second kappa shape index (κ2) is 7.61. The van der Waals surface area contributed by atoms with Crippen molar-refractivity contribution in [1.29, 1.82) is 0 Å². The summed E-state index contributed by atoms with van der Waals surface area (Å²) in [6, 6.07) is 12.3. The number of hydrogen-bond donors (Lipinski definition) is 1. The number of carbonyl (C=O) groups excluding carboxylic acids is 3. The molecule has 0 saturated carbocycles. The third kappa shape index (κ3) is 3.84. The van der Waals surface area contributed by atoms with Gasteiger partial charge >= 0.3 is 5.97 Å². The van der Waals surface area contributed by atoms with Crippen molar-refractivity contribution in [1.82, 2.24) is 0 Å². The molecule has 6 heteroatoms. The summed E-state index contributed by atoms with van der Waals surface area (Å²) in [7, 11) is 1.32. The molecule has 1 aliphatic heterocycles. The normalized spacial score (nSPS) is 16.3. The Balaban J connectivity index is 1.70. The van der Waals surface area contributed by atoms with Crippen LogP contribution >= 0.6 is 0 Å². The van der Waals surface area contributed by atoms with E-state index >= 15 is 0 Å². The van der Waals surface area contributed by atoms with Gasteiger partial charge in [0.2, 0.25) is 11.8 Å². The summed E-state index contributed by atoms with van der Waals surface area (Å²) in [5, 5.41) is 2.82. The third-order valence-electron chi connectivity index (χ3n) is 4.78. The molecule has 1 N–H and O–H groups in total. The Morgan fingerprint density at radius 3 is 2.30 bits per heavy atom. The average Bonchev–Trinajstić information content (AvgIpc) is 3.03. The van der Waals surface area contributed by atoms with Crippen LogP contribution in [-0.2, 0) is 14.3 Å². The zero-order chi connectivity index (χ0) is 19.6. The number of rotatable bonds is 4. The first-order chi connectivity index (χ1) is 12.9. The lowest BCUT2D eigenvalue weighted by Crippen LogP contribution is -2.29. The van der Waals surface area contributed by atoms with Gasteiger partial charge in [-0.1, -0.05) is 18.2 Å². The van der Waals surface area contributed by atoms with Crippen LogP contribution in [0.1, 0.15) is 27.9 Å². The Morgan fingerprint density at radius 2 is 1.70 bits per heavy atom. The number of para-hydroxylation sites is 1. The lowest BCUT2D eigenvalue weighted by Gasteiger charge is -2.21. The van der Waals surface area contributed by atoms with Crippen LogP contribution in [-0.4, -0.2) is 31.4 Å². The molecule has 1 saturated heterocycles. The van der Waals surface area contributed by atoms with E-state index in [9.17, 15) is 14.4 Å². The van der Waals surface area contributed by atoms with Gasteiger partial charge in [0.05, 0.1) is 18.6 Å². The second-order valence-electron chi connectivity index (χ2n) is 6.70. The van der Waals surface area contributed by atoms with E-state index in [0.29, 0.717) is 17.8 Å². The molecule has 0 unspecified atom stereocenters. The Hall–Kier alpha value is -3.15. The van der Waals surface area contributed by atoms with E-state index in [1.165, 1.54) is 7.11 Å². The highest BCUT2D eigenvalue weighted by atomic mass is 16.5. The molecule has 1 fully saturated rings. The van der Waals surface area contributed by atoms with E-state index in [2.05, 4.69) is 10.1 Å². The van der Waals surface area contributed by atoms with Crippen molar-refractivity contribution in [2.75, 3.05) is 23.9 Å². The molecule has 6 nitrogen and oxygen atoms in total. The maximum atomic E-state index is 12.6. The van der Waals surface area contributed by atoms with Gasteiger partial charge in [-0.2, -0.15) is 0 Å². The maximum absolute atomic E-state index is 12.6. The van der Waals surface area contributed by atoms with Gasteiger partial charge in [-0.3, -0.25) is 9.59 Å². The van der Waals surface area contributed by atoms with Crippen molar-refractivity contribution >= 4 is 29.2 Å². The number of hydrogen-bond acceptors (Lipinski definition) is 4. The van der Waals surface area contributed by atoms with Crippen molar-refractivity contribution in [3.8, 4) is 0 Å². The lowest BCUT2D eigenvalue weighted by atomic mass is 10.1. The number of methoxy groups -OCH3 is 1. The van der Waals surface area contributed by atoms with Crippen LogP contribution in [0.3, 0.4) is 0 Å². The van der Waals surface area contributed by atoms with Crippen LogP contribution in [0.25, 0.3) is 0 Å². The molecule has 2 aromatic rings. The molecular weight excluding hydrogens is 344 g/mol. The van der Waals surface area contributed by atoms with Gasteiger partial charge in [0.25, 0.3) is 0 Å². The minimum absolute atomic E-state index is 0.0476. The molecule has 1 heterocycles. The standard InChI is InChI=1S/C21H22N2O4/c1-13-5-4-6-14(2)19(13)23-12-16(11-18(23)24)20(25)22-17-9-7-15(8-10-17)21(26)27-3/h4-10,16H,11-12H2,1-3H3,(H,22,25)/t16-/m0/s1. The predicted molar refractivity (Wildman–Crippen MR) is 103 cm³/mol. The quantitative estimate of drug-likeness (QED) is 0.844. The van der Waals surface area contributed by atoms with Gasteiger partial charge in [0.15, 0.2) is 0 Å². The smallest absolute Gasteiger partial charge is 0.337 e. The molecule has 140 valence electrons. The average molecular weight is 366 g/mol. The Morgan fingerprint density at radius 1 is 1.07 bits per heavy atom. The van der Waals surface area contributed by atoms with E-state index in [0.717, 1.165) is 16.8 Å². The van der Waals surface area contributed by atoms with Gasteiger partial charge < -0.3 is 15.0 Å². The van der Waals surface area contributed by atoms with Crippen LogP contribution in [0.5, 0.6) is 0 Å². The Labute approximate surface area is 158 Å². The van der Waals surface area contributed by atoms with Crippen molar-refractivity contribution < 1.29 is 19.1 Å². The number of carbonyl (C=O) groups is 3. The molecule has 1 atom stereocenters. The highest BCUT2D eigenvalue weighted by Gasteiger charge is 2.36. The van der Waals surface area contributed by atoms with Crippen LogP contribution in [0, 0.1) is 19.8 Å². The summed E-state index contributed by atoms with van der Waals surface area (Å²) in [4.78, 5) is 38.3. The highest BCUT2D eigenvalue weighted by molar-refractivity contribution is 6.04. The van der Waals surface area contributed by atoms with Crippen molar-refractivity contribution in [2.24, 2.45) is 5.92 Å². The first-order valence-corrected chi connectivity index (χ1v) is 8.76. The number of benzene rings is 2. The van der Waals surface area contributed by atoms with Gasteiger partial charge in [-0.15, -0.1) is 0 Å². The summed E-state index contributed by atoms with van der Waals surface area (Å²) >= 11 is 0. The highest BCUT2D eigenvalue weighted by Crippen LogP contribution is 2.31. The first-order valence-electron chi connectivity index (χ1n) is 8.76. The summed E-state index contributed by atoms with van der Waals surface area (Å²) < 4.78 is 4.65. The van der Waals surface area contributed by atoms with E-state index in [1.54, 1.807) is 29.2 Å². The second-order valence-corrected chi connectivity index (χ2v) is 6.70. The summed E-state index contributed by atoms with van der Waals surface area (Å²) in [5.41, 5.74) is 3.91. The van der Waals surface area contributed by atoms with Gasteiger partial charge in [0.1, 0.15) is 0 Å². The first kappa shape index (κ1) is 18.6. The molecule has 0 spiro atoms. The van der Waals surface area contributed by atoms with Crippen molar-refractivity contribution in [2.45, 2.75) is 20.3 Å². The van der Waals surface area contributed by atoms with Crippen LogP contribution in [0.2, 0.25) is 0 Å². The number of nitrogens with one attached hydrogen (secondary N) is 1. The fraction of sp³-hybridized carbons (Fsp3) is 0.286. The van der Waals surface area contributed by atoms with Gasteiger partial charge in [-0.25, -0.2) is 4.79 Å². The van der Waals surface area contributed by atoms with E-state index in [-0.39, 0.29) is 18.2 Å².